The van der Waals surface area contributed by atoms with Gasteiger partial charge in [0.05, 0.1) is 4.47 Å². The second-order valence-electron chi connectivity index (χ2n) is 4.41. The lowest BCUT2D eigenvalue weighted by atomic mass is 10.2. The first-order valence-corrected chi connectivity index (χ1v) is 7.66. The number of carbonyl (C=O) groups is 1. The average molecular weight is 400 g/mol. The van der Waals surface area contributed by atoms with Crippen LogP contribution in [-0.2, 0) is 11.3 Å². The lowest BCUT2D eigenvalue weighted by molar-refractivity contribution is -0.121. The number of alkyl halides is 2. The van der Waals surface area contributed by atoms with Crippen LogP contribution < -0.4 is 11.1 Å². The minimum atomic E-state index is -2.83. The minimum absolute atomic E-state index is 0.00514. The average Bonchev–Trinajstić information content (AvgIpc) is 2.83. The summed E-state index contributed by atoms with van der Waals surface area (Å²) in [5, 5.41) is 1.09. The maximum Gasteiger partial charge on any atom is 0.262 e. The lowest BCUT2D eigenvalue weighted by Gasteiger charge is -2.16. The van der Waals surface area contributed by atoms with Crippen LogP contribution in [0.25, 0.3) is 0 Å². The molecule has 22 heavy (non-hydrogen) atoms. The summed E-state index contributed by atoms with van der Waals surface area (Å²) in [4.78, 5) is 15.5. The van der Waals surface area contributed by atoms with Gasteiger partial charge in [0.15, 0.2) is 5.17 Å². The molecule has 1 aliphatic heterocycles. The Labute approximate surface area is 135 Å². The highest BCUT2D eigenvalue weighted by Gasteiger charge is 2.40. The number of thioether (sulfide) groups is 1. The summed E-state index contributed by atoms with van der Waals surface area (Å²) < 4.78 is 52.1. The van der Waals surface area contributed by atoms with Gasteiger partial charge in [-0.15, -0.1) is 0 Å². The van der Waals surface area contributed by atoms with Crippen molar-refractivity contribution in [3.05, 3.63) is 33.8 Å². The van der Waals surface area contributed by atoms with E-state index in [1.165, 1.54) is 0 Å². The maximum absolute atomic E-state index is 13.3. The molecule has 0 saturated carbocycles. The molecule has 0 bridgehead atoms. The molecule has 1 aromatic rings. The molecule has 1 aromatic carbocycles. The number of rotatable bonds is 4. The molecule has 1 aliphatic rings. The van der Waals surface area contributed by atoms with Crippen LogP contribution in [0, 0.1) is 11.6 Å². The van der Waals surface area contributed by atoms with Gasteiger partial charge in [0, 0.05) is 12.6 Å². The highest BCUT2D eigenvalue weighted by atomic mass is 79.9. The van der Waals surface area contributed by atoms with Gasteiger partial charge in [-0.1, -0.05) is 11.8 Å². The summed E-state index contributed by atoms with van der Waals surface area (Å²) in [6.45, 7) is -0.221. The number of carbonyl (C=O) groups excluding carboxylic acids is 1. The SMILES string of the molecule is NC1=NC(C(F)F)C(C(=O)NCc2cc(F)cc(F)c2Br)S1. The van der Waals surface area contributed by atoms with E-state index in [0.717, 1.165) is 17.8 Å². The predicted molar refractivity (Wildman–Crippen MR) is 78.7 cm³/mol. The van der Waals surface area contributed by atoms with Crippen molar-refractivity contribution >= 4 is 38.8 Å². The molecule has 0 radical (unpaired) electrons. The largest absolute Gasteiger partial charge is 0.379 e. The number of aliphatic imine (C=N–C) groups is 1. The Hall–Kier alpha value is -1.29. The van der Waals surface area contributed by atoms with Gasteiger partial charge in [0.2, 0.25) is 5.91 Å². The zero-order valence-corrected chi connectivity index (χ0v) is 13.2. The number of nitrogens with two attached hydrogens (primary N) is 1. The van der Waals surface area contributed by atoms with Crippen molar-refractivity contribution in [2.24, 2.45) is 10.7 Å². The quantitative estimate of drug-likeness (QED) is 0.603. The van der Waals surface area contributed by atoms with Crippen LogP contribution in [0.2, 0.25) is 0 Å². The first-order valence-electron chi connectivity index (χ1n) is 5.98. The summed E-state index contributed by atoms with van der Waals surface area (Å²) >= 11 is 3.66. The van der Waals surface area contributed by atoms with Crippen molar-refractivity contribution in [2.45, 2.75) is 24.3 Å². The van der Waals surface area contributed by atoms with Crippen molar-refractivity contribution in [3.63, 3.8) is 0 Å². The molecule has 0 saturated heterocycles. The number of hydrogen-bond acceptors (Lipinski definition) is 4. The summed E-state index contributed by atoms with van der Waals surface area (Å²) in [6, 6.07) is 0.187. The van der Waals surface area contributed by atoms with Crippen molar-refractivity contribution in [1.29, 1.82) is 0 Å². The van der Waals surface area contributed by atoms with E-state index >= 15 is 0 Å². The van der Waals surface area contributed by atoms with E-state index < -0.39 is 35.3 Å². The minimum Gasteiger partial charge on any atom is -0.379 e. The van der Waals surface area contributed by atoms with Gasteiger partial charge >= 0.3 is 0 Å². The van der Waals surface area contributed by atoms with Crippen LogP contribution in [0.3, 0.4) is 0 Å². The number of amidine groups is 1. The topological polar surface area (TPSA) is 67.5 Å². The van der Waals surface area contributed by atoms with Crippen LogP contribution in [0.1, 0.15) is 5.56 Å². The number of benzene rings is 1. The van der Waals surface area contributed by atoms with Crippen molar-refractivity contribution in [2.75, 3.05) is 0 Å². The van der Waals surface area contributed by atoms with Crippen LogP contribution in [0.4, 0.5) is 17.6 Å². The van der Waals surface area contributed by atoms with Gasteiger partial charge < -0.3 is 11.1 Å². The second-order valence-corrected chi connectivity index (χ2v) is 6.36. The van der Waals surface area contributed by atoms with E-state index in [1.54, 1.807) is 0 Å². The van der Waals surface area contributed by atoms with Gasteiger partial charge in [0.25, 0.3) is 6.43 Å². The fourth-order valence-corrected chi connectivity index (χ4v) is 3.18. The monoisotopic (exact) mass is 399 g/mol. The third-order valence-electron chi connectivity index (χ3n) is 2.87. The maximum atomic E-state index is 13.3. The van der Waals surface area contributed by atoms with Crippen molar-refractivity contribution in [3.8, 4) is 0 Å². The summed E-state index contributed by atoms with van der Waals surface area (Å²) in [6.07, 6.45) is -2.83. The summed E-state index contributed by atoms with van der Waals surface area (Å²) in [7, 11) is 0. The van der Waals surface area contributed by atoms with Crippen LogP contribution in [-0.4, -0.2) is 28.8 Å². The van der Waals surface area contributed by atoms with Crippen LogP contribution in [0.15, 0.2) is 21.6 Å². The molecule has 2 atom stereocenters. The Balaban J connectivity index is 2.05. The number of amides is 1. The zero-order chi connectivity index (χ0) is 16.4. The smallest absolute Gasteiger partial charge is 0.262 e. The van der Waals surface area contributed by atoms with E-state index in [1.807, 2.05) is 0 Å². The van der Waals surface area contributed by atoms with Crippen LogP contribution >= 0.6 is 27.7 Å². The van der Waals surface area contributed by atoms with Crippen LogP contribution in [0.5, 0.6) is 0 Å². The molecule has 0 aromatic heterocycles. The molecule has 10 heteroatoms. The number of nitrogens with one attached hydrogen (secondary N) is 1. The van der Waals surface area contributed by atoms with E-state index in [2.05, 4.69) is 26.2 Å². The molecule has 1 heterocycles. The first-order chi connectivity index (χ1) is 10.3. The third kappa shape index (κ3) is 3.72. The fraction of sp³-hybridized carbons (Fsp3) is 0.333. The zero-order valence-electron chi connectivity index (χ0n) is 10.8. The van der Waals surface area contributed by atoms with Gasteiger partial charge in [0.1, 0.15) is 22.9 Å². The van der Waals surface area contributed by atoms with E-state index in [-0.39, 0.29) is 21.7 Å². The van der Waals surface area contributed by atoms with Crippen molar-refractivity contribution < 1.29 is 22.4 Å². The number of nitrogens with zero attached hydrogens (tertiary/aromatic N) is 1. The summed E-state index contributed by atoms with van der Waals surface area (Å²) in [5.41, 5.74) is 5.50. The predicted octanol–water partition coefficient (Wildman–Crippen LogP) is 2.41. The van der Waals surface area contributed by atoms with Crippen molar-refractivity contribution in [1.82, 2.24) is 5.32 Å². The van der Waals surface area contributed by atoms with Gasteiger partial charge in [-0.3, -0.25) is 9.79 Å². The Kier molecular flexibility index (Phi) is 5.32. The highest BCUT2D eigenvalue weighted by Crippen LogP contribution is 2.29. The lowest BCUT2D eigenvalue weighted by Crippen LogP contribution is -2.40. The van der Waals surface area contributed by atoms with Gasteiger partial charge in [-0.25, -0.2) is 17.6 Å². The number of halogens is 5. The molecule has 0 fully saturated rings. The molecule has 1 amide bonds. The molecule has 2 unspecified atom stereocenters. The van der Waals surface area contributed by atoms with E-state index in [4.69, 9.17) is 5.73 Å². The molecule has 120 valence electrons. The molecule has 3 N–H and O–H groups in total. The molecule has 0 spiro atoms. The molecular formula is C12H10BrF4N3OS. The summed E-state index contributed by atoms with van der Waals surface area (Å²) in [5.74, 6) is -2.35. The standard InChI is InChI=1S/C12H10BrF4N3OS/c13-7-4(1-5(14)2-6(7)15)3-19-11(21)9-8(10(16)17)20-12(18)22-9/h1-2,8-10H,3H2,(H2,18,20)(H,19,21). The van der Waals surface area contributed by atoms with Gasteiger partial charge in [-0.05, 0) is 27.6 Å². The Morgan fingerprint density at radius 2 is 2.14 bits per heavy atom. The third-order valence-corrected chi connectivity index (χ3v) is 4.85. The van der Waals surface area contributed by atoms with E-state index in [9.17, 15) is 22.4 Å². The normalized spacial score (nSPS) is 21.1. The Morgan fingerprint density at radius 1 is 1.45 bits per heavy atom. The Bertz CT molecular complexity index is 629. The number of hydrogen-bond donors (Lipinski definition) is 2. The van der Waals surface area contributed by atoms with Gasteiger partial charge in [-0.2, -0.15) is 0 Å². The molecule has 4 nitrogen and oxygen atoms in total. The first kappa shape index (κ1) is 17.1. The molecule has 0 aliphatic carbocycles. The second kappa shape index (κ2) is 6.86. The fourth-order valence-electron chi connectivity index (χ4n) is 1.86. The molecular weight excluding hydrogens is 390 g/mol. The Morgan fingerprint density at radius 3 is 2.77 bits per heavy atom. The molecule has 2 rings (SSSR count). The van der Waals surface area contributed by atoms with E-state index in [0.29, 0.717) is 6.07 Å². The highest BCUT2D eigenvalue weighted by molar-refractivity contribution is 9.10.